The zero-order valence-electron chi connectivity index (χ0n) is 17.5. The molecule has 0 aromatic heterocycles. The Morgan fingerprint density at radius 2 is 1.97 bits per heavy atom. The molecule has 2 aliphatic rings. The molecule has 31 heavy (non-hydrogen) atoms. The maximum absolute atomic E-state index is 14.6. The number of carbonyl (C=O) groups excluding carboxylic acids is 2. The number of nitrogens with one attached hydrogen (secondary N) is 2. The maximum atomic E-state index is 14.6. The topological polar surface area (TPSA) is 61.4 Å². The van der Waals surface area contributed by atoms with E-state index >= 15 is 0 Å². The molecule has 5 nitrogen and oxygen atoms in total. The van der Waals surface area contributed by atoms with Crippen LogP contribution in [0.1, 0.15) is 49.4 Å². The molecule has 1 aliphatic heterocycles. The molecule has 1 saturated carbocycles. The van der Waals surface area contributed by atoms with Gasteiger partial charge in [0.25, 0.3) is 5.91 Å². The summed E-state index contributed by atoms with van der Waals surface area (Å²) < 4.78 is 28.4. The van der Waals surface area contributed by atoms with Crippen molar-refractivity contribution in [2.45, 2.75) is 39.3 Å². The lowest BCUT2D eigenvalue weighted by Gasteiger charge is -2.34. The van der Waals surface area contributed by atoms with E-state index in [4.69, 9.17) is 0 Å². The first-order chi connectivity index (χ1) is 14.9. The molecular formula is C24H25F2N3O2. The van der Waals surface area contributed by atoms with Gasteiger partial charge in [0.1, 0.15) is 17.4 Å². The fourth-order valence-electron chi connectivity index (χ4n) is 4.06. The van der Waals surface area contributed by atoms with Crippen molar-refractivity contribution >= 4 is 17.3 Å². The van der Waals surface area contributed by atoms with Crippen LogP contribution in [0.4, 0.5) is 8.78 Å². The molecule has 1 aliphatic carbocycles. The van der Waals surface area contributed by atoms with Crippen molar-refractivity contribution in [2.24, 2.45) is 5.92 Å². The fourth-order valence-corrected chi connectivity index (χ4v) is 4.06. The van der Waals surface area contributed by atoms with Crippen molar-refractivity contribution < 1.29 is 18.4 Å². The molecule has 2 atom stereocenters. The van der Waals surface area contributed by atoms with E-state index in [1.165, 1.54) is 18.2 Å². The number of benzene rings is 2. The van der Waals surface area contributed by atoms with Gasteiger partial charge in [0.15, 0.2) is 0 Å². The highest BCUT2D eigenvalue weighted by Crippen LogP contribution is 2.39. The molecule has 1 unspecified atom stereocenters. The standard InChI is InChI=1S/C24H25F2N3O2/c1-3-10-27-29-13-19-17(8-5-9-20(19)26)22(14(29)2)24(31)28-23(18-12-21(18)30)15-6-4-7-16(25)11-15/h4-9,11,18,23,27H,3,10,12-13H2,1-2H3,(H,28,31)/t18?,23-/m1/s1. The number of carbonyl (C=O) groups is 2. The summed E-state index contributed by atoms with van der Waals surface area (Å²) in [5.41, 5.74) is 5.76. The molecule has 162 valence electrons. The van der Waals surface area contributed by atoms with Crippen LogP contribution in [-0.4, -0.2) is 23.2 Å². The molecule has 0 spiro atoms. The second-order valence-corrected chi connectivity index (χ2v) is 8.00. The number of hydrazine groups is 1. The zero-order chi connectivity index (χ0) is 22.1. The molecule has 1 fully saturated rings. The van der Waals surface area contributed by atoms with Crippen molar-refractivity contribution in [1.29, 1.82) is 0 Å². The van der Waals surface area contributed by atoms with E-state index in [-0.39, 0.29) is 17.5 Å². The van der Waals surface area contributed by atoms with Crippen molar-refractivity contribution in [2.75, 3.05) is 6.54 Å². The molecule has 2 aromatic carbocycles. The minimum atomic E-state index is -0.632. The summed E-state index contributed by atoms with van der Waals surface area (Å²) in [7, 11) is 0. The van der Waals surface area contributed by atoms with Crippen molar-refractivity contribution in [3.05, 3.63) is 76.5 Å². The van der Waals surface area contributed by atoms with Gasteiger partial charge in [-0.3, -0.25) is 9.59 Å². The largest absolute Gasteiger partial charge is 0.344 e. The van der Waals surface area contributed by atoms with Crippen LogP contribution in [-0.2, 0) is 16.1 Å². The number of halogens is 2. The SMILES string of the molecule is CCCNN1Cc2c(F)cccc2C(C(=O)N[C@H](c2cccc(F)c2)C2CC2=O)=C1C. The molecule has 1 heterocycles. The summed E-state index contributed by atoms with van der Waals surface area (Å²) in [6, 6.07) is 9.97. The van der Waals surface area contributed by atoms with Crippen LogP contribution in [0.25, 0.3) is 5.57 Å². The van der Waals surface area contributed by atoms with Gasteiger partial charge < -0.3 is 10.3 Å². The summed E-state index contributed by atoms with van der Waals surface area (Å²) >= 11 is 0. The Bertz CT molecular complexity index is 1070. The quantitative estimate of drug-likeness (QED) is 0.707. The van der Waals surface area contributed by atoms with Crippen LogP contribution in [0.5, 0.6) is 0 Å². The third-order valence-corrected chi connectivity index (χ3v) is 5.82. The molecule has 2 N–H and O–H groups in total. The van der Waals surface area contributed by atoms with Crippen LogP contribution in [0, 0.1) is 17.6 Å². The van der Waals surface area contributed by atoms with Gasteiger partial charge >= 0.3 is 0 Å². The summed E-state index contributed by atoms with van der Waals surface area (Å²) in [6.45, 7) is 4.82. The van der Waals surface area contributed by atoms with Gasteiger partial charge in [-0.1, -0.05) is 31.2 Å². The van der Waals surface area contributed by atoms with Gasteiger partial charge in [0, 0.05) is 30.1 Å². The van der Waals surface area contributed by atoms with Gasteiger partial charge in [-0.2, -0.15) is 0 Å². The predicted molar refractivity (Wildman–Crippen MR) is 113 cm³/mol. The normalized spacial score (nSPS) is 18.6. The average Bonchev–Trinajstić information content (AvgIpc) is 3.47. The van der Waals surface area contributed by atoms with Crippen LogP contribution >= 0.6 is 0 Å². The van der Waals surface area contributed by atoms with Crippen LogP contribution in [0.15, 0.2) is 48.2 Å². The highest BCUT2D eigenvalue weighted by Gasteiger charge is 2.44. The van der Waals surface area contributed by atoms with Gasteiger partial charge in [-0.25, -0.2) is 14.2 Å². The van der Waals surface area contributed by atoms with Crippen molar-refractivity contribution in [3.63, 3.8) is 0 Å². The fraction of sp³-hybridized carbons (Fsp3) is 0.333. The monoisotopic (exact) mass is 425 g/mol. The average molecular weight is 425 g/mol. The Hall–Kier alpha value is -3.06. The van der Waals surface area contributed by atoms with Crippen LogP contribution < -0.4 is 10.7 Å². The van der Waals surface area contributed by atoms with Crippen molar-refractivity contribution in [3.8, 4) is 0 Å². The summed E-state index contributed by atoms with van der Waals surface area (Å²) in [5.74, 6) is -1.57. The minimum Gasteiger partial charge on any atom is -0.344 e. The van der Waals surface area contributed by atoms with Gasteiger partial charge in [0.05, 0.1) is 18.2 Å². The lowest BCUT2D eigenvalue weighted by Crippen LogP contribution is -2.42. The number of ketones is 1. The number of amides is 1. The summed E-state index contributed by atoms with van der Waals surface area (Å²) in [6.07, 6.45) is 1.22. The Kier molecular flexibility index (Phi) is 5.87. The molecule has 0 saturated heterocycles. The maximum Gasteiger partial charge on any atom is 0.254 e. The van der Waals surface area contributed by atoms with Gasteiger partial charge in [-0.15, -0.1) is 0 Å². The summed E-state index contributed by atoms with van der Waals surface area (Å²) in [4.78, 5) is 25.4. The number of Topliss-reactive ketones (excluding diaryl/α,β-unsaturated/α-hetero) is 1. The highest BCUT2D eigenvalue weighted by molar-refractivity contribution is 6.21. The van der Waals surface area contributed by atoms with Crippen molar-refractivity contribution in [1.82, 2.24) is 15.8 Å². The van der Waals surface area contributed by atoms with E-state index in [9.17, 15) is 18.4 Å². The number of fused-ring (bicyclic) bond motifs is 1. The zero-order valence-corrected chi connectivity index (χ0v) is 17.5. The first-order valence-electron chi connectivity index (χ1n) is 10.5. The number of allylic oxidation sites excluding steroid dienone is 1. The summed E-state index contributed by atoms with van der Waals surface area (Å²) in [5, 5.41) is 4.71. The first kappa shape index (κ1) is 21.2. The van der Waals surface area contributed by atoms with Gasteiger partial charge in [0.2, 0.25) is 0 Å². The number of rotatable bonds is 7. The number of hydrogen-bond acceptors (Lipinski definition) is 4. The van der Waals surface area contributed by atoms with E-state index < -0.39 is 17.8 Å². The minimum absolute atomic E-state index is 0.0293. The Morgan fingerprint density at radius 3 is 2.65 bits per heavy atom. The molecule has 2 aromatic rings. The Labute approximate surface area is 180 Å². The van der Waals surface area contributed by atoms with E-state index in [1.807, 2.05) is 13.8 Å². The lowest BCUT2D eigenvalue weighted by atomic mass is 9.92. The van der Waals surface area contributed by atoms with Crippen LogP contribution in [0.3, 0.4) is 0 Å². The molecule has 7 heteroatoms. The molecular weight excluding hydrogens is 400 g/mol. The second kappa shape index (κ2) is 8.59. The molecule has 0 radical (unpaired) electrons. The molecule has 0 bridgehead atoms. The highest BCUT2D eigenvalue weighted by atomic mass is 19.1. The van der Waals surface area contributed by atoms with E-state index in [1.54, 1.807) is 29.3 Å². The van der Waals surface area contributed by atoms with E-state index in [0.717, 1.165) is 6.42 Å². The second-order valence-electron chi connectivity index (χ2n) is 8.00. The van der Waals surface area contributed by atoms with E-state index in [0.29, 0.717) is 47.5 Å². The third kappa shape index (κ3) is 4.23. The smallest absolute Gasteiger partial charge is 0.254 e. The molecule has 1 amide bonds. The van der Waals surface area contributed by atoms with Gasteiger partial charge in [-0.05, 0) is 42.7 Å². The number of hydrogen-bond donors (Lipinski definition) is 2. The third-order valence-electron chi connectivity index (χ3n) is 5.82. The lowest BCUT2D eigenvalue weighted by molar-refractivity contribution is -0.116. The first-order valence-corrected chi connectivity index (χ1v) is 10.5. The van der Waals surface area contributed by atoms with Crippen LogP contribution in [0.2, 0.25) is 0 Å². The number of nitrogens with zero attached hydrogens (tertiary/aromatic N) is 1. The molecule has 4 rings (SSSR count). The predicted octanol–water partition coefficient (Wildman–Crippen LogP) is 3.87. The Balaban J connectivity index is 1.70. The Morgan fingerprint density at radius 1 is 1.23 bits per heavy atom. The van der Waals surface area contributed by atoms with E-state index in [2.05, 4.69) is 10.7 Å².